The van der Waals surface area contributed by atoms with Crippen LogP contribution in [0.4, 0.5) is 0 Å². The third kappa shape index (κ3) is 2.80. The van der Waals surface area contributed by atoms with Gasteiger partial charge < -0.3 is 10.3 Å². The minimum Gasteiger partial charge on any atom is -0.362 e. The lowest BCUT2D eigenvalue weighted by atomic mass is 9.74. The summed E-state index contributed by atoms with van der Waals surface area (Å²) in [5.41, 5.74) is 6.69. The third-order valence-corrected chi connectivity index (χ3v) is 5.79. The van der Waals surface area contributed by atoms with Gasteiger partial charge in [0.15, 0.2) is 5.78 Å². The maximum absolute atomic E-state index is 13.2. The van der Waals surface area contributed by atoms with Crippen LogP contribution in [-0.4, -0.2) is 10.8 Å². The Balaban J connectivity index is 1.56. The standard InChI is InChI=1S/C24H22N2O/c1-15-11-20(18-8-7-17-9-10-25-21(17)12-18)24-22(26-15)13-19(14-23(24)27)16-5-3-2-4-6-16/h2-12,19-20,25-26H,13-14H2,1H3. The molecule has 2 unspecified atom stereocenters. The van der Waals surface area contributed by atoms with Gasteiger partial charge >= 0.3 is 0 Å². The van der Waals surface area contributed by atoms with E-state index in [1.165, 1.54) is 16.5 Å². The van der Waals surface area contributed by atoms with Crippen molar-refractivity contribution in [2.75, 3.05) is 0 Å². The summed E-state index contributed by atoms with van der Waals surface area (Å²) in [4.78, 5) is 16.5. The van der Waals surface area contributed by atoms with E-state index in [1.54, 1.807) is 0 Å². The number of hydrogen-bond donors (Lipinski definition) is 2. The molecule has 2 atom stereocenters. The Kier molecular flexibility index (Phi) is 3.75. The molecule has 1 aliphatic heterocycles. The fraction of sp³-hybridized carbons (Fsp3) is 0.208. The number of dihydropyridines is 1. The molecule has 0 saturated heterocycles. The number of rotatable bonds is 2. The first-order valence-corrected chi connectivity index (χ1v) is 9.53. The van der Waals surface area contributed by atoms with E-state index >= 15 is 0 Å². The number of hydrogen-bond acceptors (Lipinski definition) is 2. The molecule has 0 fully saturated rings. The third-order valence-electron chi connectivity index (χ3n) is 5.79. The van der Waals surface area contributed by atoms with E-state index in [4.69, 9.17) is 0 Å². The van der Waals surface area contributed by atoms with Crippen LogP contribution in [0.1, 0.15) is 42.7 Å². The van der Waals surface area contributed by atoms with Gasteiger partial charge in [-0.05, 0) is 47.9 Å². The molecule has 27 heavy (non-hydrogen) atoms. The number of aromatic amines is 1. The summed E-state index contributed by atoms with van der Waals surface area (Å²) in [5, 5.41) is 4.69. The number of carbonyl (C=O) groups excluding carboxylic acids is 1. The fourth-order valence-electron chi connectivity index (χ4n) is 4.51. The second-order valence-electron chi connectivity index (χ2n) is 7.61. The Labute approximate surface area is 158 Å². The van der Waals surface area contributed by atoms with Crippen molar-refractivity contribution in [3.63, 3.8) is 0 Å². The molecule has 134 valence electrons. The van der Waals surface area contributed by atoms with Crippen molar-refractivity contribution in [1.82, 2.24) is 10.3 Å². The molecule has 1 aromatic heterocycles. The van der Waals surface area contributed by atoms with Gasteiger partial charge in [-0.25, -0.2) is 0 Å². The van der Waals surface area contributed by atoms with Crippen molar-refractivity contribution in [3.05, 3.63) is 95.0 Å². The van der Waals surface area contributed by atoms with Crippen LogP contribution in [0.3, 0.4) is 0 Å². The van der Waals surface area contributed by atoms with E-state index < -0.39 is 0 Å². The summed E-state index contributed by atoms with van der Waals surface area (Å²) in [6.45, 7) is 2.08. The van der Waals surface area contributed by atoms with E-state index in [0.29, 0.717) is 6.42 Å². The number of allylic oxidation sites excluding steroid dienone is 4. The minimum atomic E-state index is 0.0261. The number of carbonyl (C=O) groups is 1. The molecule has 2 aliphatic rings. The SMILES string of the molecule is CC1=CC(c2ccc3cc[nH]c3c2)C2=C(CC(c3ccccc3)CC2=O)N1. The van der Waals surface area contributed by atoms with Gasteiger partial charge in [-0.2, -0.15) is 0 Å². The Morgan fingerprint density at radius 1 is 0.963 bits per heavy atom. The van der Waals surface area contributed by atoms with Crippen molar-refractivity contribution in [2.24, 2.45) is 0 Å². The van der Waals surface area contributed by atoms with Crippen molar-refractivity contribution >= 4 is 16.7 Å². The van der Waals surface area contributed by atoms with E-state index in [0.717, 1.165) is 28.9 Å². The van der Waals surface area contributed by atoms with Gasteiger partial charge in [0.1, 0.15) is 0 Å². The van der Waals surface area contributed by atoms with Crippen LogP contribution >= 0.6 is 0 Å². The van der Waals surface area contributed by atoms with Crippen LogP contribution < -0.4 is 5.32 Å². The van der Waals surface area contributed by atoms with Crippen molar-refractivity contribution in [3.8, 4) is 0 Å². The zero-order valence-corrected chi connectivity index (χ0v) is 15.3. The van der Waals surface area contributed by atoms with Gasteiger partial charge in [0, 0.05) is 41.0 Å². The van der Waals surface area contributed by atoms with Crippen molar-refractivity contribution < 1.29 is 4.79 Å². The molecular formula is C24H22N2O. The van der Waals surface area contributed by atoms with E-state index in [9.17, 15) is 4.79 Å². The highest BCUT2D eigenvalue weighted by Gasteiger charge is 2.35. The van der Waals surface area contributed by atoms with Gasteiger partial charge in [0.25, 0.3) is 0 Å². The molecular weight excluding hydrogens is 332 g/mol. The first kappa shape index (κ1) is 16.1. The lowest BCUT2D eigenvalue weighted by molar-refractivity contribution is -0.116. The van der Waals surface area contributed by atoms with Crippen LogP contribution in [0.15, 0.2) is 83.8 Å². The summed E-state index contributed by atoms with van der Waals surface area (Å²) in [7, 11) is 0. The zero-order chi connectivity index (χ0) is 18.4. The van der Waals surface area contributed by atoms with Crippen molar-refractivity contribution in [1.29, 1.82) is 0 Å². The lowest BCUT2D eigenvalue weighted by Crippen LogP contribution is -2.31. The molecule has 0 radical (unpaired) electrons. The van der Waals surface area contributed by atoms with E-state index in [1.807, 2.05) is 12.3 Å². The Morgan fingerprint density at radius 3 is 2.67 bits per heavy atom. The molecule has 5 rings (SSSR count). The zero-order valence-electron chi connectivity index (χ0n) is 15.3. The van der Waals surface area contributed by atoms with Gasteiger partial charge in [0.05, 0.1) is 0 Å². The number of ketones is 1. The number of Topliss-reactive ketones (excluding diaryl/α,β-unsaturated/α-hetero) is 1. The summed E-state index contributed by atoms with van der Waals surface area (Å²) in [6.07, 6.45) is 5.61. The molecule has 3 aromatic rings. The number of benzene rings is 2. The van der Waals surface area contributed by atoms with Crippen molar-refractivity contribution in [2.45, 2.75) is 31.6 Å². The molecule has 3 nitrogen and oxygen atoms in total. The minimum absolute atomic E-state index is 0.0261. The molecule has 0 spiro atoms. The Bertz CT molecular complexity index is 1090. The summed E-state index contributed by atoms with van der Waals surface area (Å²) in [6, 6.07) is 18.9. The Morgan fingerprint density at radius 2 is 1.81 bits per heavy atom. The monoisotopic (exact) mass is 354 g/mol. The topological polar surface area (TPSA) is 44.9 Å². The smallest absolute Gasteiger partial charge is 0.162 e. The molecule has 2 N–H and O–H groups in total. The highest BCUT2D eigenvalue weighted by molar-refractivity contribution is 6.00. The number of aromatic nitrogens is 1. The second-order valence-corrected chi connectivity index (χ2v) is 7.61. The highest BCUT2D eigenvalue weighted by Crippen LogP contribution is 2.42. The maximum atomic E-state index is 13.2. The average molecular weight is 354 g/mol. The van der Waals surface area contributed by atoms with Gasteiger partial charge in [0.2, 0.25) is 0 Å². The van der Waals surface area contributed by atoms with Crippen LogP contribution in [0.25, 0.3) is 10.9 Å². The molecule has 2 heterocycles. The first-order chi connectivity index (χ1) is 13.2. The van der Waals surface area contributed by atoms with Gasteiger partial charge in [-0.1, -0.05) is 48.5 Å². The summed E-state index contributed by atoms with van der Waals surface area (Å²) >= 11 is 0. The second kappa shape index (κ2) is 6.27. The van der Waals surface area contributed by atoms with Gasteiger partial charge in [-0.3, -0.25) is 4.79 Å². The van der Waals surface area contributed by atoms with Crippen LogP contribution in [0.2, 0.25) is 0 Å². The summed E-state index contributed by atoms with van der Waals surface area (Å²) < 4.78 is 0. The van der Waals surface area contributed by atoms with E-state index in [-0.39, 0.29) is 17.6 Å². The van der Waals surface area contributed by atoms with Crippen LogP contribution in [0.5, 0.6) is 0 Å². The largest absolute Gasteiger partial charge is 0.362 e. The number of nitrogens with one attached hydrogen (secondary N) is 2. The van der Waals surface area contributed by atoms with Gasteiger partial charge in [-0.15, -0.1) is 0 Å². The quantitative estimate of drug-likeness (QED) is 0.668. The molecule has 0 bridgehead atoms. The van der Waals surface area contributed by atoms with E-state index in [2.05, 4.69) is 71.8 Å². The normalized spacial score (nSPS) is 22.4. The Hall–Kier alpha value is -3.07. The van der Waals surface area contributed by atoms with Crippen LogP contribution in [0, 0.1) is 0 Å². The number of H-pyrrole nitrogens is 1. The highest BCUT2D eigenvalue weighted by atomic mass is 16.1. The molecule has 0 saturated carbocycles. The predicted molar refractivity (Wildman–Crippen MR) is 108 cm³/mol. The fourth-order valence-corrected chi connectivity index (χ4v) is 4.51. The molecule has 2 aromatic carbocycles. The predicted octanol–water partition coefficient (Wildman–Crippen LogP) is 5.16. The number of fused-ring (bicyclic) bond motifs is 1. The lowest BCUT2D eigenvalue weighted by Gasteiger charge is -2.34. The summed E-state index contributed by atoms with van der Waals surface area (Å²) in [5.74, 6) is 0.540. The first-order valence-electron chi connectivity index (χ1n) is 9.53. The average Bonchev–Trinajstić information content (AvgIpc) is 3.15. The molecule has 0 amide bonds. The molecule has 1 aliphatic carbocycles. The maximum Gasteiger partial charge on any atom is 0.162 e. The molecule has 3 heteroatoms. The van der Waals surface area contributed by atoms with Crippen LogP contribution in [-0.2, 0) is 4.79 Å².